The van der Waals surface area contributed by atoms with E-state index in [9.17, 15) is 14.0 Å². The fraction of sp³-hybridized carbons (Fsp3) is 0.600. The Bertz CT molecular complexity index is 663. The molecule has 1 saturated heterocycles. The molecule has 6 heteroatoms. The molecule has 0 spiro atoms. The third kappa shape index (κ3) is 4.34. The van der Waals surface area contributed by atoms with E-state index in [1.54, 1.807) is 12.1 Å². The molecule has 1 aliphatic heterocycles. The zero-order chi connectivity index (χ0) is 18.7. The molecule has 3 rings (SSSR count). The predicted octanol–water partition coefficient (Wildman–Crippen LogP) is 3.44. The summed E-state index contributed by atoms with van der Waals surface area (Å²) in [4.78, 5) is 27.6. The normalized spacial score (nSPS) is 23.7. The Morgan fingerprint density at radius 2 is 1.73 bits per heavy atom. The molecule has 1 saturated carbocycles. The maximum absolute atomic E-state index is 14.3. The third-order valence-corrected chi connectivity index (χ3v) is 5.61. The second-order valence-electron chi connectivity index (χ2n) is 7.60. The van der Waals surface area contributed by atoms with Crippen LogP contribution in [-0.4, -0.2) is 48.9 Å². The van der Waals surface area contributed by atoms with E-state index in [-0.39, 0.29) is 23.7 Å². The fourth-order valence-corrected chi connectivity index (χ4v) is 3.80. The van der Waals surface area contributed by atoms with Crippen LogP contribution in [0.15, 0.2) is 18.2 Å². The summed E-state index contributed by atoms with van der Waals surface area (Å²) in [5, 5.41) is 3.15. The smallest absolute Gasteiger partial charge is 0.317 e. The Morgan fingerprint density at radius 1 is 1.08 bits per heavy atom. The summed E-state index contributed by atoms with van der Waals surface area (Å²) in [6.07, 6.45) is 4.46. The molecular formula is C20H28FN3O2. The first-order valence-electron chi connectivity index (χ1n) is 9.55. The van der Waals surface area contributed by atoms with E-state index in [0.29, 0.717) is 37.4 Å². The molecule has 142 valence electrons. The minimum atomic E-state index is -0.382. The van der Waals surface area contributed by atoms with Crippen LogP contribution in [0, 0.1) is 11.7 Å². The molecule has 1 aromatic carbocycles. The van der Waals surface area contributed by atoms with E-state index in [0.717, 1.165) is 18.8 Å². The van der Waals surface area contributed by atoms with E-state index in [2.05, 4.69) is 12.2 Å². The van der Waals surface area contributed by atoms with Crippen LogP contribution < -0.4 is 10.2 Å². The highest BCUT2D eigenvalue weighted by Gasteiger charge is 2.26. The molecule has 2 fully saturated rings. The van der Waals surface area contributed by atoms with E-state index in [4.69, 9.17) is 0 Å². The van der Waals surface area contributed by atoms with Gasteiger partial charge in [0.25, 0.3) is 0 Å². The van der Waals surface area contributed by atoms with Crippen molar-refractivity contribution in [2.45, 2.75) is 45.6 Å². The molecule has 0 aromatic heterocycles. The number of nitrogens with zero attached hydrogens (tertiary/aromatic N) is 2. The highest BCUT2D eigenvalue weighted by molar-refractivity contribution is 5.94. The number of carbonyl (C=O) groups excluding carboxylic acids is 2. The van der Waals surface area contributed by atoms with Gasteiger partial charge >= 0.3 is 6.03 Å². The molecule has 1 heterocycles. The number of benzene rings is 1. The molecule has 2 amide bonds. The topological polar surface area (TPSA) is 52.7 Å². The van der Waals surface area contributed by atoms with Crippen LogP contribution >= 0.6 is 0 Å². The van der Waals surface area contributed by atoms with Gasteiger partial charge in [0.2, 0.25) is 0 Å². The lowest BCUT2D eigenvalue weighted by molar-refractivity contribution is 0.101. The number of piperazine rings is 1. The minimum Gasteiger partial charge on any atom is -0.366 e. The van der Waals surface area contributed by atoms with Gasteiger partial charge < -0.3 is 15.1 Å². The van der Waals surface area contributed by atoms with Crippen LogP contribution in [0.4, 0.5) is 14.9 Å². The SMILES string of the molecule is CC(=O)c1ccc(N2CCN(C(=O)NC3CCC(C)CC3)CC2)c(F)c1. The van der Waals surface area contributed by atoms with E-state index in [1.165, 1.54) is 25.8 Å². The first kappa shape index (κ1) is 18.7. The largest absolute Gasteiger partial charge is 0.366 e. The summed E-state index contributed by atoms with van der Waals surface area (Å²) in [7, 11) is 0. The molecule has 2 aliphatic rings. The molecule has 0 bridgehead atoms. The first-order chi connectivity index (χ1) is 12.4. The quantitative estimate of drug-likeness (QED) is 0.839. The van der Waals surface area contributed by atoms with Crippen molar-refractivity contribution in [1.29, 1.82) is 0 Å². The van der Waals surface area contributed by atoms with Gasteiger partial charge in [-0.2, -0.15) is 0 Å². The standard InChI is InChI=1S/C20H28FN3O2/c1-14-3-6-17(7-4-14)22-20(26)24-11-9-23(10-12-24)19-8-5-16(15(2)25)13-18(19)21/h5,8,13-14,17H,3-4,6-7,9-12H2,1-2H3,(H,22,26). The third-order valence-electron chi connectivity index (χ3n) is 5.61. The fourth-order valence-electron chi connectivity index (χ4n) is 3.80. The molecule has 0 unspecified atom stereocenters. The van der Waals surface area contributed by atoms with Crippen LogP contribution in [-0.2, 0) is 0 Å². The number of Topliss-reactive ketones (excluding diaryl/α,β-unsaturated/α-hetero) is 1. The summed E-state index contributed by atoms with van der Waals surface area (Å²) >= 11 is 0. The van der Waals surface area contributed by atoms with Crippen molar-refractivity contribution in [3.8, 4) is 0 Å². The van der Waals surface area contributed by atoms with Crippen molar-refractivity contribution in [3.05, 3.63) is 29.6 Å². The van der Waals surface area contributed by atoms with E-state index >= 15 is 0 Å². The van der Waals surface area contributed by atoms with Gasteiger partial charge in [-0.1, -0.05) is 6.92 Å². The van der Waals surface area contributed by atoms with Crippen molar-refractivity contribution in [2.24, 2.45) is 5.92 Å². The van der Waals surface area contributed by atoms with Gasteiger partial charge in [-0.25, -0.2) is 9.18 Å². The molecule has 1 aliphatic carbocycles. The van der Waals surface area contributed by atoms with Gasteiger partial charge in [-0.15, -0.1) is 0 Å². The van der Waals surface area contributed by atoms with Crippen molar-refractivity contribution in [2.75, 3.05) is 31.1 Å². The Hall–Kier alpha value is -2.11. The molecule has 0 atom stereocenters. The number of nitrogens with one attached hydrogen (secondary N) is 1. The Balaban J connectivity index is 1.52. The van der Waals surface area contributed by atoms with Gasteiger partial charge in [-0.05, 0) is 56.7 Å². The number of anilines is 1. The zero-order valence-corrected chi connectivity index (χ0v) is 15.6. The highest BCUT2D eigenvalue weighted by atomic mass is 19.1. The van der Waals surface area contributed by atoms with Crippen LogP contribution in [0.5, 0.6) is 0 Å². The van der Waals surface area contributed by atoms with E-state index < -0.39 is 0 Å². The van der Waals surface area contributed by atoms with Crippen molar-refractivity contribution in [1.82, 2.24) is 10.2 Å². The highest BCUT2D eigenvalue weighted by Crippen LogP contribution is 2.24. The second-order valence-corrected chi connectivity index (χ2v) is 7.60. The maximum atomic E-state index is 14.3. The van der Waals surface area contributed by atoms with Crippen molar-refractivity contribution >= 4 is 17.5 Å². The van der Waals surface area contributed by atoms with Crippen LogP contribution in [0.25, 0.3) is 0 Å². The number of rotatable bonds is 3. The number of ketones is 1. The Morgan fingerprint density at radius 3 is 2.31 bits per heavy atom. The van der Waals surface area contributed by atoms with Gasteiger partial charge in [0.1, 0.15) is 5.82 Å². The zero-order valence-electron chi connectivity index (χ0n) is 15.6. The van der Waals surface area contributed by atoms with Crippen molar-refractivity contribution in [3.63, 3.8) is 0 Å². The van der Waals surface area contributed by atoms with E-state index in [1.807, 2.05) is 9.80 Å². The van der Waals surface area contributed by atoms with Gasteiger partial charge in [-0.3, -0.25) is 4.79 Å². The number of amides is 2. The molecule has 5 nitrogen and oxygen atoms in total. The first-order valence-corrected chi connectivity index (χ1v) is 9.55. The monoisotopic (exact) mass is 361 g/mol. The summed E-state index contributed by atoms with van der Waals surface area (Å²) in [5.41, 5.74) is 0.877. The van der Waals surface area contributed by atoms with Gasteiger partial charge in [0.05, 0.1) is 5.69 Å². The number of hydrogen-bond acceptors (Lipinski definition) is 3. The van der Waals surface area contributed by atoms with Crippen molar-refractivity contribution < 1.29 is 14.0 Å². The summed E-state index contributed by atoms with van der Waals surface area (Å²) in [6.45, 7) is 6.01. The number of halogens is 1. The van der Waals surface area contributed by atoms with Gasteiger partial charge in [0, 0.05) is 37.8 Å². The lowest BCUT2D eigenvalue weighted by Crippen LogP contribution is -2.54. The Kier molecular flexibility index (Phi) is 5.79. The lowest BCUT2D eigenvalue weighted by Gasteiger charge is -2.37. The molecule has 0 radical (unpaired) electrons. The lowest BCUT2D eigenvalue weighted by atomic mass is 9.87. The predicted molar refractivity (Wildman–Crippen MR) is 100 cm³/mol. The van der Waals surface area contributed by atoms with Crippen LogP contribution in [0.1, 0.15) is 49.9 Å². The Labute approximate surface area is 154 Å². The van der Waals surface area contributed by atoms with Crippen LogP contribution in [0.2, 0.25) is 0 Å². The minimum absolute atomic E-state index is 0.00315. The van der Waals surface area contributed by atoms with Gasteiger partial charge in [0.15, 0.2) is 5.78 Å². The maximum Gasteiger partial charge on any atom is 0.317 e. The number of urea groups is 1. The van der Waals surface area contributed by atoms with Crippen LogP contribution in [0.3, 0.4) is 0 Å². The molecule has 26 heavy (non-hydrogen) atoms. The summed E-state index contributed by atoms with van der Waals surface area (Å²) < 4.78 is 14.3. The molecular weight excluding hydrogens is 333 g/mol. The number of carbonyl (C=O) groups is 2. The number of hydrogen-bond donors (Lipinski definition) is 1. The molecule has 1 aromatic rings. The summed E-state index contributed by atoms with van der Waals surface area (Å²) in [5.74, 6) is 0.233. The average molecular weight is 361 g/mol. The molecule has 1 N–H and O–H groups in total. The second kappa shape index (κ2) is 8.06. The average Bonchev–Trinajstić information content (AvgIpc) is 2.63. The summed E-state index contributed by atoms with van der Waals surface area (Å²) in [6, 6.07) is 4.89.